The zero-order valence-corrected chi connectivity index (χ0v) is 14.0. The number of anilines is 2. The van der Waals surface area contributed by atoms with E-state index in [0.717, 1.165) is 14.9 Å². The molecule has 1 aromatic heterocycles. The van der Waals surface area contributed by atoms with E-state index in [-0.39, 0.29) is 11.7 Å². The van der Waals surface area contributed by atoms with Gasteiger partial charge in [0.25, 0.3) is 0 Å². The first-order valence-corrected chi connectivity index (χ1v) is 8.31. The number of hydrogen-bond donors (Lipinski definition) is 2. The molecule has 2 N–H and O–H groups in total. The zero-order chi connectivity index (χ0) is 15.0. The van der Waals surface area contributed by atoms with E-state index < -0.39 is 0 Å². The molecule has 1 aromatic carbocycles. The third-order valence-electron chi connectivity index (χ3n) is 3.24. The van der Waals surface area contributed by atoms with E-state index >= 15 is 0 Å². The van der Waals surface area contributed by atoms with Crippen molar-refractivity contribution in [2.45, 2.75) is 19.4 Å². The second-order valence-electron chi connectivity index (χ2n) is 4.73. The van der Waals surface area contributed by atoms with Crippen LogP contribution in [0.4, 0.5) is 15.8 Å². The number of hydrogen-bond acceptors (Lipinski definition) is 3. The molecule has 110 valence electrons. The Morgan fingerprint density at radius 1 is 1.38 bits per heavy atom. The molecular formula is C14H11BrClFN2OS. The molecule has 1 amide bonds. The Hall–Kier alpha value is -1.11. The molecule has 0 aliphatic carbocycles. The first-order valence-electron chi connectivity index (χ1n) is 6.33. The van der Waals surface area contributed by atoms with Crippen LogP contribution >= 0.6 is 38.9 Å². The van der Waals surface area contributed by atoms with Crippen LogP contribution in [0.3, 0.4) is 0 Å². The lowest BCUT2D eigenvalue weighted by Crippen LogP contribution is -2.19. The van der Waals surface area contributed by atoms with E-state index in [1.807, 2.05) is 6.07 Å². The fraction of sp³-hybridized carbons (Fsp3) is 0.214. The highest BCUT2D eigenvalue weighted by Crippen LogP contribution is 2.33. The van der Waals surface area contributed by atoms with Crippen LogP contribution in [0.2, 0.25) is 4.34 Å². The standard InChI is InChI=1S/C14H11BrClFN2OS/c15-9-4-8(21-14(9)16)6-18-12-5-11-7(3-10(12)17)1-2-13(20)19-11/h3-5,18H,1-2,6H2,(H,19,20). The maximum atomic E-state index is 14.1. The van der Waals surface area contributed by atoms with Crippen molar-refractivity contribution < 1.29 is 9.18 Å². The monoisotopic (exact) mass is 388 g/mol. The Balaban J connectivity index is 1.79. The number of nitrogens with one attached hydrogen (secondary N) is 2. The lowest BCUT2D eigenvalue weighted by atomic mass is 10.0. The van der Waals surface area contributed by atoms with E-state index in [0.29, 0.717) is 35.1 Å². The third kappa shape index (κ3) is 3.22. The molecule has 2 aromatic rings. The summed E-state index contributed by atoms with van der Waals surface area (Å²) in [4.78, 5) is 12.4. The van der Waals surface area contributed by atoms with Crippen LogP contribution in [-0.4, -0.2) is 5.91 Å². The molecule has 0 unspecified atom stereocenters. The van der Waals surface area contributed by atoms with Crippen molar-refractivity contribution in [3.8, 4) is 0 Å². The number of carbonyl (C=O) groups excluding carboxylic acids is 1. The molecule has 3 rings (SSSR count). The number of halogens is 3. The number of thiophene rings is 1. The minimum Gasteiger partial charge on any atom is -0.378 e. The molecule has 0 radical (unpaired) electrons. The van der Waals surface area contributed by atoms with E-state index in [9.17, 15) is 9.18 Å². The van der Waals surface area contributed by atoms with Crippen molar-refractivity contribution in [3.63, 3.8) is 0 Å². The maximum absolute atomic E-state index is 14.1. The van der Waals surface area contributed by atoms with Gasteiger partial charge in [0, 0.05) is 28.0 Å². The number of amides is 1. The minimum atomic E-state index is -0.313. The van der Waals surface area contributed by atoms with Gasteiger partial charge in [0.1, 0.15) is 10.2 Å². The number of fused-ring (bicyclic) bond motifs is 1. The van der Waals surface area contributed by atoms with Crippen LogP contribution in [0.5, 0.6) is 0 Å². The first kappa shape index (κ1) is 14.8. The van der Waals surface area contributed by atoms with Gasteiger partial charge < -0.3 is 10.6 Å². The van der Waals surface area contributed by atoms with Crippen LogP contribution in [0.25, 0.3) is 0 Å². The summed E-state index contributed by atoms with van der Waals surface area (Å²) in [5.74, 6) is -0.347. The van der Waals surface area contributed by atoms with Gasteiger partial charge in [-0.3, -0.25) is 4.79 Å². The van der Waals surface area contributed by atoms with Crippen molar-refractivity contribution in [3.05, 3.63) is 43.3 Å². The topological polar surface area (TPSA) is 41.1 Å². The molecule has 0 bridgehead atoms. The number of aryl methyl sites for hydroxylation is 1. The third-order valence-corrected chi connectivity index (χ3v) is 5.71. The van der Waals surface area contributed by atoms with E-state index in [2.05, 4.69) is 26.6 Å². The highest BCUT2D eigenvalue weighted by Gasteiger charge is 2.17. The van der Waals surface area contributed by atoms with Gasteiger partial charge in [-0.1, -0.05) is 11.6 Å². The quantitative estimate of drug-likeness (QED) is 0.791. The summed E-state index contributed by atoms with van der Waals surface area (Å²) in [5, 5.41) is 5.81. The average Bonchev–Trinajstić information content (AvgIpc) is 2.76. The smallest absolute Gasteiger partial charge is 0.224 e. The van der Waals surface area contributed by atoms with Crippen LogP contribution in [-0.2, 0) is 17.8 Å². The van der Waals surface area contributed by atoms with Crippen LogP contribution in [0.1, 0.15) is 16.9 Å². The van der Waals surface area contributed by atoms with Gasteiger partial charge in [0.15, 0.2) is 0 Å². The van der Waals surface area contributed by atoms with Crippen molar-refractivity contribution >= 4 is 56.1 Å². The van der Waals surface area contributed by atoms with E-state index in [1.54, 1.807) is 6.07 Å². The fourth-order valence-corrected chi connectivity index (χ4v) is 3.93. The van der Waals surface area contributed by atoms with Crippen molar-refractivity contribution in [2.75, 3.05) is 10.6 Å². The molecule has 0 fully saturated rings. The average molecular weight is 390 g/mol. The second kappa shape index (κ2) is 5.94. The summed E-state index contributed by atoms with van der Waals surface area (Å²) < 4.78 is 15.6. The summed E-state index contributed by atoms with van der Waals surface area (Å²) in [6, 6.07) is 5.03. The van der Waals surface area contributed by atoms with Gasteiger partial charge in [-0.15, -0.1) is 11.3 Å². The molecule has 0 saturated carbocycles. The Bertz CT molecular complexity index is 700. The Labute approximate surface area is 138 Å². The fourth-order valence-electron chi connectivity index (χ4n) is 2.19. The molecule has 21 heavy (non-hydrogen) atoms. The molecule has 0 spiro atoms. The number of rotatable bonds is 3. The van der Waals surface area contributed by atoms with Crippen LogP contribution < -0.4 is 10.6 Å². The van der Waals surface area contributed by atoms with Crippen LogP contribution in [0, 0.1) is 5.82 Å². The lowest BCUT2D eigenvalue weighted by molar-refractivity contribution is -0.116. The molecule has 1 aliphatic heterocycles. The lowest BCUT2D eigenvalue weighted by Gasteiger charge is -2.18. The van der Waals surface area contributed by atoms with Gasteiger partial charge in [-0.25, -0.2) is 4.39 Å². The summed E-state index contributed by atoms with van der Waals surface area (Å²) in [6.07, 6.45) is 0.979. The maximum Gasteiger partial charge on any atom is 0.224 e. The molecule has 1 aliphatic rings. The van der Waals surface area contributed by atoms with Gasteiger partial charge >= 0.3 is 0 Å². The van der Waals surface area contributed by atoms with Gasteiger partial charge in [-0.2, -0.15) is 0 Å². The molecule has 0 atom stereocenters. The minimum absolute atomic E-state index is 0.0333. The zero-order valence-electron chi connectivity index (χ0n) is 10.8. The summed E-state index contributed by atoms with van der Waals surface area (Å²) >= 11 is 10.7. The van der Waals surface area contributed by atoms with Crippen molar-refractivity contribution in [1.29, 1.82) is 0 Å². The Morgan fingerprint density at radius 2 is 2.19 bits per heavy atom. The van der Waals surface area contributed by atoms with E-state index in [4.69, 9.17) is 11.6 Å². The number of carbonyl (C=O) groups is 1. The van der Waals surface area contributed by atoms with Gasteiger partial charge in [-0.05, 0) is 46.1 Å². The van der Waals surface area contributed by atoms with E-state index in [1.165, 1.54) is 17.4 Å². The summed E-state index contributed by atoms with van der Waals surface area (Å²) in [5.41, 5.74) is 1.89. The summed E-state index contributed by atoms with van der Waals surface area (Å²) in [7, 11) is 0. The molecule has 7 heteroatoms. The van der Waals surface area contributed by atoms with Gasteiger partial charge in [0.05, 0.1) is 5.69 Å². The largest absolute Gasteiger partial charge is 0.378 e. The second-order valence-corrected chi connectivity index (χ2v) is 7.32. The highest BCUT2D eigenvalue weighted by molar-refractivity contribution is 9.10. The van der Waals surface area contributed by atoms with Crippen molar-refractivity contribution in [1.82, 2.24) is 0 Å². The highest BCUT2D eigenvalue weighted by atomic mass is 79.9. The summed E-state index contributed by atoms with van der Waals surface area (Å²) in [6.45, 7) is 0.472. The normalized spacial score (nSPS) is 13.8. The predicted molar refractivity (Wildman–Crippen MR) is 87.7 cm³/mol. The Kier molecular flexibility index (Phi) is 4.19. The molecule has 3 nitrogen and oxygen atoms in total. The van der Waals surface area contributed by atoms with Gasteiger partial charge in [0.2, 0.25) is 5.91 Å². The first-order chi connectivity index (χ1) is 10.0. The number of benzene rings is 1. The SMILES string of the molecule is O=C1CCc2cc(F)c(NCc3cc(Br)c(Cl)s3)cc2N1. The van der Waals surface area contributed by atoms with Crippen molar-refractivity contribution in [2.24, 2.45) is 0 Å². The molecule has 0 saturated heterocycles. The predicted octanol–water partition coefficient (Wildman–Crippen LogP) is 4.80. The Morgan fingerprint density at radius 3 is 2.90 bits per heavy atom. The molecule has 2 heterocycles. The van der Waals surface area contributed by atoms with Crippen LogP contribution in [0.15, 0.2) is 22.7 Å². The molecular weight excluding hydrogens is 379 g/mol.